The molecule has 20 heavy (non-hydrogen) atoms. The van der Waals surface area contributed by atoms with Gasteiger partial charge in [-0.1, -0.05) is 20.8 Å². The van der Waals surface area contributed by atoms with E-state index in [-0.39, 0.29) is 0 Å². The van der Waals surface area contributed by atoms with Crippen LogP contribution >= 0.6 is 39.5 Å². The molecule has 0 spiro atoms. The van der Waals surface area contributed by atoms with Crippen molar-refractivity contribution >= 4 is 45.3 Å². The lowest BCUT2D eigenvalue weighted by Gasteiger charge is -2.30. The maximum atomic E-state index is 4.78. The Morgan fingerprint density at radius 3 is 2.60 bits per heavy atom. The van der Waals surface area contributed by atoms with Gasteiger partial charge < -0.3 is 5.32 Å². The van der Waals surface area contributed by atoms with Crippen molar-refractivity contribution < 1.29 is 0 Å². The molecule has 112 valence electrons. The van der Waals surface area contributed by atoms with Crippen molar-refractivity contribution in [3.8, 4) is 0 Å². The molecule has 0 radical (unpaired) electrons. The molecule has 0 aliphatic carbocycles. The summed E-state index contributed by atoms with van der Waals surface area (Å²) in [5, 5.41) is 5.11. The molecule has 2 heterocycles. The number of halogens is 1. The number of aromatic nitrogens is 2. The quantitative estimate of drug-likeness (QED) is 0.836. The van der Waals surface area contributed by atoms with Crippen LogP contribution in [0.3, 0.4) is 0 Å². The molecule has 2 rings (SSSR count). The summed E-state index contributed by atoms with van der Waals surface area (Å²) in [6.45, 7) is 9.72. The lowest BCUT2D eigenvalue weighted by Crippen LogP contribution is -2.23. The molecule has 6 heteroatoms. The van der Waals surface area contributed by atoms with E-state index in [0.29, 0.717) is 15.7 Å². The van der Waals surface area contributed by atoms with E-state index in [2.05, 4.69) is 48.9 Å². The van der Waals surface area contributed by atoms with Crippen molar-refractivity contribution in [3.05, 3.63) is 16.0 Å². The number of aryl methyl sites for hydroxylation is 1. The van der Waals surface area contributed by atoms with Gasteiger partial charge >= 0.3 is 0 Å². The van der Waals surface area contributed by atoms with Gasteiger partial charge in [-0.05, 0) is 29.3 Å². The van der Waals surface area contributed by atoms with Crippen LogP contribution in [0.25, 0.3) is 0 Å². The lowest BCUT2D eigenvalue weighted by molar-refractivity contribution is 0.837. The van der Waals surface area contributed by atoms with Crippen LogP contribution in [0.2, 0.25) is 0 Å². The Bertz CT molecular complexity index is 470. The number of rotatable bonds is 4. The number of hydrogen-bond donors (Lipinski definition) is 1. The molecule has 0 amide bonds. The minimum absolute atomic E-state index is 0.405. The predicted molar refractivity (Wildman–Crippen MR) is 95.0 cm³/mol. The smallest absolute Gasteiger partial charge is 0.144 e. The number of thioether (sulfide) groups is 2. The Balaban J connectivity index is 2.29. The Morgan fingerprint density at radius 1 is 1.25 bits per heavy atom. The third-order valence-electron chi connectivity index (χ3n) is 3.45. The highest BCUT2D eigenvalue weighted by atomic mass is 79.9. The van der Waals surface area contributed by atoms with Crippen LogP contribution in [0.1, 0.15) is 44.5 Å². The number of hydrogen-bond acceptors (Lipinski definition) is 5. The molecule has 3 atom stereocenters. The normalized spacial score (nSPS) is 26.6. The van der Waals surface area contributed by atoms with E-state index in [1.165, 1.54) is 0 Å². The zero-order chi connectivity index (χ0) is 14.7. The molecular formula is C14H22BrN3S2. The zero-order valence-electron chi connectivity index (χ0n) is 12.4. The van der Waals surface area contributed by atoms with Crippen LogP contribution in [-0.2, 0) is 6.42 Å². The fourth-order valence-electron chi connectivity index (χ4n) is 2.09. The van der Waals surface area contributed by atoms with Gasteiger partial charge in [0.05, 0.1) is 15.4 Å². The Morgan fingerprint density at radius 2 is 2.00 bits per heavy atom. The first-order valence-electron chi connectivity index (χ1n) is 7.14. The molecule has 0 aromatic carbocycles. The van der Waals surface area contributed by atoms with Gasteiger partial charge in [0.15, 0.2) is 0 Å². The molecule has 1 aliphatic heterocycles. The van der Waals surface area contributed by atoms with Crippen LogP contribution in [0.4, 0.5) is 5.82 Å². The number of nitrogens with zero attached hydrogens (tertiary/aromatic N) is 2. The molecule has 1 aromatic rings. The average molecular weight is 376 g/mol. The summed E-state index contributed by atoms with van der Waals surface area (Å²) >= 11 is 7.67. The van der Waals surface area contributed by atoms with Crippen molar-refractivity contribution in [2.75, 3.05) is 17.6 Å². The second-order valence-electron chi connectivity index (χ2n) is 4.94. The summed E-state index contributed by atoms with van der Waals surface area (Å²) < 4.78 is 1.01. The van der Waals surface area contributed by atoms with Gasteiger partial charge in [-0.15, -0.1) is 11.8 Å². The van der Waals surface area contributed by atoms with E-state index in [9.17, 15) is 0 Å². The highest BCUT2D eigenvalue weighted by Crippen LogP contribution is 2.43. The lowest BCUT2D eigenvalue weighted by atomic mass is 10.3. The number of anilines is 1. The van der Waals surface area contributed by atoms with Crippen molar-refractivity contribution in [3.63, 3.8) is 0 Å². The van der Waals surface area contributed by atoms with Gasteiger partial charge in [0.25, 0.3) is 0 Å². The third kappa shape index (κ3) is 3.63. The van der Waals surface area contributed by atoms with Crippen LogP contribution in [0, 0.1) is 0 Å². The first-order valence-corrected chi connectivity index (χ1v) is 9.92. The molecule has 1 aliphatic rings. The van der Waals surface area contributed by atoms with E-state index in [4.69, 9.17) is 9.97 Å². The second-order valence-corrected chi connectivity index (χ2v) is 8.73. The second kappa shape index (κ2) is 7.36. The molecule has 0 saturated carbocycles. The predicted octanol–water partition coefficient (Wildman–Crippen LogP) is 4.53. The summed E-state index contributed by atoms with van der Waals surface area (Å²) in [7, 11) is 0. The molecule has 1 N–H and O–H groups in total. The molecule has 3 nitrogen and oxygen atoms in total. The highest BCUT2D eigenvalue weighted by Gasteiger charge is 2.29. The molecule has 0 bridgehead atoms. The molecule has 1 aromatic heterocycles. The summed E-state index contributed by atoms with van der Waals surface area (Å²) in [5.74, 6) is 3.02. The molecule has 1 fully saturated rings. The van der Waals surface area contributed by atoms with Gasteiger partial charge in [0.1, 0.15) is 11.6 Å². The summed E-state index contributed by atoms with van der Waals surface area (Å²) in [6.07, 6.45) is 0.922. The minimum Gasteiger partial charge on any atom is -0.369 e. The Labute approximate surface area is 138 Å². The van der Waals surface area contributed by atoms with E-state index in [0.717, 1.165) is 40.5 Å². The van der Waals surface area contributed by atoms with Gasteiger partial charge in [-0.2, -0.15) is 11.8 Å². The topological polar surface area (TPSA) is 37.8 Å². The molecular weight excluding hydrogens is 354 g/mol. The van der Waals surface area contributed by atoms with Crippen LogP contribution < -0.4 is 5.32 Å². The minimum atomic E-state index is 0.405. The van der Waals surface area contributed by atoms with Crippen LogP contribution in [0.15, 0.2) is 4.47 Å². The van der Waals surface area contributed by atoms with E-state index in [1.54, 1.807) is 0 Å². The van der Waals surface area contributed by atoms with Gasteiger partial charge in [0, 0.05) is 22.8 Å². The van der Waals surface area contributed by atoms with Crippen LogP contribution in [-0.4, -0.2) is 32.8 Å². The first-order chi connectivity index (χ1) is 9.56. The molecule has 3 unspecified atom stereocenters. The average Bonchev–Trinajstić information content (AvgIpc) is 2.44. The monoisotopic (exact) mass is 375 g/mol. The van der Waals surface area contributed by atoms with Crippen molar-refractivity contribution in [2.24, 2.45) is 0 Å². The Kier molecular flexibility index (Phi) is 6.05. The van der Waals surface area contributed by atoms with Gasteiger partial charge in [-0.3, -0.25) is 0 Å². The summed E-state index contributed by atoms with van der Waals surface area (Å²) in [5.41, 5.74) is 1.10. The van der Waals surface area contributed by atoms with Gasteiger partial charge in [0.2, 0.25) is 0 Å². The maximum Gasteiger partial charge on any atom is 0.144 e. The fraction of sp³-hybridized carbons (Fsp3) is 0.714. The number of nitrogens with one attached hydrogen (secondary N) is 1. The SMILES string of the molecule is CCNc1nc(C2CSC(C)C(C)S2)nc(CC)c1Br. The van der Waals surface area contributed by atoms with Crippen LogP contribution in [0.5, 0.6) is 0 Å². The van der Waals surface area contributed by atoms with E-state index in [1.807, 2.05) is 23.5 Å². The summed E-state index contributed by atoms with van der Waals surface area (Å²) in [4.78, 5) is 9.54. The summed E-state index contributed by atoms with van der Waals surface area (Å²) in [6, 6.07) is 0. The molecule has 1 saturated heterocycles. The Hall–Kier alpha value is 0.0600. The van der Waals surface area contributed by atoms with E-state index < -0.39 is 0 Å². The fourth-order valence-corrected chi connectivity index (χ4v) is 5.54. The highest BCUT2D eigenvalue weighted by molar-refractivity contribution is 9.10. The largest absolute Gasteiger partial charge is 0.369 e. The van der Waals surface area contributed by atoms with E-state index >= 15 is 0 Å². The first kappa shape index (κ1) is 16.4. The van der Waals surface area contributed by atoms with Gasteiger partial charge in [-0.25, -0.2) is 9.97 Å². The third-order valence-corrected chi connectivity index (χ3v) is 7.67. The maximum absolute atomic E-state index is 4.78. The van der Waals surface area contributed by atoms with Crippen molar-refractivity contribution in [1.82, 2.24) is 9.97 Å². The standard InChI is InChI=1S/C14H22BrN3S2/c1-5-10-12(15)14(16-6-2)18-13(17-10)11-7-19-8(3)9(4)20-11/h8-9,11H,5-7H2,1-4H3,(H,16,17,18). The van der Waals surface area contributed by atoms with Crippen molar-refractivity contribution in [2.45, 2.75) is 49.9 Å². The zero-order valence-corrected chi connectivity index (χ0v) is 15.7. The van der Waals surface area contributed by atoms with Crippen molar-refractivity contribution in [1.29, 1.82) is 0 Å².